The van der Waals surface area contributed by atoms with Crippen LogP contribution < -0.4 is 10.5 Å². The van der Waals surface area contributed by atoms with Crippen molar-refractivity contribution in [3.8, 4) is 0 Å². The lowest BCUT2D eigenvalue weighted by Crippen LogP contribution is -2.60. The largest absolute Gasteiger partial charge is 0.386 e. The molecule has 1 aliphatic heterocycles. The summed E-state index contributed by atoms with van der Waals surface area (Å²) in [6, 6.07) is 0. The van der Waals surface area contributed by atoms with E-state index < -0.39 is 15.7 Å². The first-order chi connectivity index (χ1) is 9.96. The van der Waals surface area contributed by atoms with E-state index in [-0.39, 0.29) is 5.84 Å². The van der Waals surface area contributed by atoms with Gasteiger partial charge in [0, 0.05) is 13.1 Å². The normalized spacial score (nSPS) is 25.0. The Balaban J connectivity index is 2.15. The molecule has 122 valence electrons. The van der Waals surface area contributed by atoms with Crippen LogP contribution in [-0.2, 0) is 10.2 Å². The molecule has 1 saturated heterocycles. The Kier molecular flexibility index (Phi) is 5.62. The molecule has 0 atom stereocenters. The second-order valence-electron chi connectivity index (χ2n) is 6.33. The van der Waals surface area contributed by atoms with Crippen molar-refractivity contribution in [2.75, 3.05) is 13.1 Å². The van der Waals surface area contributed by atoms with E-state index in [0.717, 1.165) is 44.9 Å². The number of hydrogen-bond acceptors (Lipinski definition) is 3. The van der Waals surface area contributed by atoms with Crippen molar-refractivity contribution in [3.63, 3.8) is 0 Å². The Bertz CT molecular complexity index is 450. The van der Waals surface area contributed by atoms with E-state index in [2.05, 4.69) is 4.72 Å². The minimum absolute atomic E-state index is 0.0371. The van der Waals surface area contributed by atoms with Gasteiger partial charge < -0.3 is 5.73 Å². The third-order valence-corrected chi connectivity index (χ3v) is 6.40. The quantitative estimate of drug-likeness (QED) is 0.544. The van der Waals surface area contributed by atoms with E-state index in [1.807, 2.05) is 0 Å². The van der Waals surface area contributed by atoms with Crippen molar-refractivity contribution in [1.29, 1.82) is 5.41 Å². The summed E-state index contributed by atoms with van der Waals surface area (Å²) in [4.78, 5) is 0. The number of amidine groups is 1. The molecule has 0 unspecified atom stereocenters. The monoisotopic (exact) mass is 316 g/mol. The molecule has 2 fully saturated rings. The fourth-order valence-electron chi connectivity index (χ4n) is 3.35. The van der Waals surface area contributed by atoms with E-state index >= 15 is 0 Å². The Morgan fingerprint density at radius 1 is 0.952 bits per heavy atom. The zero-order valence-corrected chi connectivity index (χ0v) is 13.6. The van der Waals surface area contributed by atoms with Crippen LogP contribution >= 0.6 is 0 Å². The smallest absolute Gasteiger partial charge is 0.280 e. The van der Waals surface area contributed by atoms with Gasteiger partial charge in [-0.2, -0.15) is 17.4 Å². The maximum absolute atomic E-state index is 12.6. The molecule has 21 heavy (non-hydrogen) atoms. The first kappa shape index (κ1) is 16.7. The zero-order valence-electron chi connectivity index (χ0n) is 12.7. The summed E-state index contributed by atoms with van der Waals surface area (Å²) in [6.45, 7) is 1.15. The molecular formula is C14H28N4O2S. The van der Waals surface area contributed by atoms with Crippen molar-refractivity contribution >= 4 is 16.0 Å². The molecule has 2 rings (SSSR count). The zero-order chi connectivity index (χ0) is 15.3. The Labute approximate surface area is 128 Å². The topological polar surface area (TPSA) is 99.3 Å². The number of nitrogens with one attached hydrogen (secondary N) is 2. The summed E-state index contributed by atoms with van der Waals surface area (Å²) < 4.78 is 29.6. The van der Waals surface area contributed by atoms with Gasteiger partial charge in [0.15, 0.2) is 0 Å². The van der Waals surface area contributed by atoms with Gasteiger partial charge in [-0.3, -0.25) is 5.41 Å². The molecule has 7 heteroatoms. The number of piperidine rings is 1. The lowest BCUT2D eigenvalue weighted by atomic mass is 9.84. The maximum Gasteiger partial charge on any atom is 0.280 e. The van der Waals surface area contributed by atoms with Crippen molar-refractivity contribution in [3.05, 3.63) is 0 Å². The van der Waals surface area contributed by atoms with Gasteiger partial charge in [-0.05, 0) is 25.7 Å². The predicted molar refractivity (Wildman–Crippen MR) is 84.4 cm³/mol. The molecule has 0 bridgehead atoms. The molecule has 0 aromatic rings. The summed E-state index contributed by atoms with van der Waals surface area (Å²) in [5.41, 5.74) is 4.92. The van der Waals surface area contributed by atoms with Crippen LogP contribution in [-0.4, -0.2) is 37.2 Å². The minimum atomic E-state index is -3.55. The summed E-state index contributed by atoms with van der Waals surface area (Å²) >= 11 is 0. The van der Waals surface area contributed by atoms with Crippen LogP contribution in [0.3, 0.4) is 0 Å². The minimum Gasteiger partial charge on any atom is -0.386 e. The Morgan fingerprint density at radius 2 is 1.43 bits per heavy atom. The number of nitrogens with two attached hydrogens (primary N) is 1. The van der Waals surface area contributed by atoms with Crippen molar-refractivity contribution in [1.82, 2.24) is 9.03 Å². The lowest BCUT2D eigenvalue weighted by Gasteiger charge is -2.37. The van der Waals surface area contributed by atoms with Crippen LogP contribution in [0, 0.1) is 5.41 Å². The average molecular weight is 316 g/mol. The van der Waals surface area contributed by atoms with E-state index in [0.29, 0.717) is 25.9 Å². The van der Waals surface area contributed by atoms with E-state index in [1.54, 1.807) is 0 Å². The lowest BCUT2D eigenvalue weighted by molar-refractivity contribution is 0.318. The third-order valence-electron chi connectivity index (χ3n) is 4.70. The van der Waals surface area contributed by atoms with Gasteiger partial charge in [0.05, 0.1) is 5.54 Å². The summed E-state index contributed by atoms with van der Waals surface area (Å²) in [6.07, 6.45) is 9.37. The molecule has 2 aliphatic rings. The summed E-state index contributed by atoms with van der Waals surface area (Å²) in [5.74, 6) is -0.0371. The highest BCUT2D eigenvalue weighted by atomic mass is 32.2. The van der Waals surface area contributed by atoms with Crippen molar-refractivity contribution in [2.45, 2.75) is 69.7 Å². The average Bonchev–Trinajstić information content (AvgIpc) is 2.42. The highest BCUT2D eigenvalue weighted by molar-refractivity contribution is 7.87. The SMILES string of the molecule is N=C(N)C1(NS(=O)(=O)N2CCCCC2)CCCCCCC1. The molecule has 0 aromatic carbocycles. The van der Waals surface area contributed by atoms with Crippen LogP contribution in [0.1, 0.15) is 64.2 Å². The van der Waals surface area contributed by atoms with Gasteiger partial charge >= 0.3 is 0 Å². The van der Waals surface area contributed by atoms with Crippen molar-refractivity contribution < 1.29 is 8.42 Å². The van der Waals surface area contributed by atoms with Gasteiger partial charge in [-0.1, -0.05) is 38.5 Å². The number of nitrogens with zero attached hydrogens (tertiary/aromatic N) is 1. The second kappa shape index (κ2) is 7.07. The van der Waals surface area contributed by atoms with E-state index in [9.17, 15) is 8.42 Å². The van der Waals surface area contributed by atoms with Gasteiger partial charge in [-0.25, -0.2) is 0 Å². The van der Waals surface area contributed by atoms with Gasteiger partial charge in [-0.15, -0.1) is 0 Å². The first-order valence-corrected chi connectivity index (χ1v) is 9.54. The van der Waals surface area contributed by atoms with E-state index in [4.69, 9.17) is 11.1 Å². The molecule has 1 aliphatic carbocycles. The molecule has 1 heterocycles. The first-order valence-electron chi connectivity index (χ1n) is 8.10. The second-order valence-corrected chi connectivity index (χ2v) is 8.00. The van der Waals surface area contributed by atoms with Crippen LogP contribution in [0.15, 0.2) is 0 Å². The molecule has 0 radical (unpaired) electrons. The molecule has 0 aromatic heterocycles. The maximum atomic E-state index is 12.6. The molecular weight excluding hydrogens is 288 g/mol. The van der Waals surface area contributed by atoms with Gasteiger partial charge in [0.2, 0.25) is 0 Å². The van der Waals surface area contributed by atoms with Crippen LogP contribution in [0.4, 0.5) is 0 Å². The third kappa shape index (κ3) is 4.17. The molecule has 0 spiro atoms. The highest BCUT2D eigenvalue weighted by Crippen LogP contribution is 2.28. The standard InChI is InChI=1S/C14H28N4O2S/c15-13(16)14(9-5-2-1-3-6-10-14)17-21(19,20)18-11-7-4-8-12-18/h17H,1-12H2,(H3,15,16). The van der Waals surface area contributed by atoms with Gasteiger partial charge in [0.25, 0.3) is 10.2 Å². The molecule has 4 N–H and O–H groups in total. The molecule has 0 amide bonds. The van der Waals surface area contributed by atoms with Gasteiger partial charge in [0.1, 0.15) is 5.84 Å². The molecule has 1 saturated carbocycles. The number of rotatable bonds is 4. The Morgan fingerprint density at radius 3 is 1.95 bits per heavy atom. The number of hydrogen-bond donors (Lipinski definition) is 3. The highest BCUT2D eigenvalue weighted by Gasteiger charge is 2.39. The van der Waals surface area contributed by atoms with Crippen LogP contribution in [0.2, 0.25) is 0 Å². The van der Waals surface area contributed by atoms with Crippen LogP contribution in [0.5, 0.6) is 0 Å². The van der Waals surface area contributed by atoms with Crippen LogP contribution in [0.25, 0.3) is 0 Å². The summed E-state index contributed by atoms with van der Waals surface area (Å²) in [7, 11) is -3.55. The predicted octanol–water partition coefficient (Wildman–Crippen LogP) is 1.73. The fourth-order valence-corrected chi connectivity index (χ4v) is 5.03. The molecule has 6 nitrogen and oxygen atoms in total. The van der Waals surface area contributed by atoms with E-state index in [1.165, 1.54) is 10.7 Å². The Hall–Kier alpha value is -0.660. The summed E-state index contributed by atoms with van der Waals surface area (Å²) in [5, 5.41) is 7.93. The van der Waals surface area contributed by atoms with Crippen molar-refractivity contribution in [2.24, 2.45) is 5.73 Å². The fraction of sp³-hybridized carbons (Fsp3) is 0.929.